The molecule has 1 aromatic carbocycles. The van der Waals surface area contributed by atoms with Gasteiger partial charge in [-0.2, -0.15) is 0 Å². The fraction of sp³-hybridized carbons (Fsp3) is 0.560. The maximum atomic E-state index is 11.9. The lowest BCUT2D eigenvalue weighted by molar-refractivity contribution is 0.0851. The predicted molar refractivity (Wildman–Crippen MR) is 127 cm³/mol. The summed E-state index contributed by atoms with van der Waals surface area (Å²) in [5.41, 5.74) is 12.3. The minimum absolute atomic E-state index is 0.156. The van der Waals surface area contributed by atoms with E-state index in [0.717, 1.165) is 49.3 Å². The van der Waals surface area contributed by atoms with E-state index in [2.05, 4.69) is 34.6 Å². The van der Waals surface area contributed by atoms with Gasteiger partial charge in [0.2, 0.25) is 0 Å². The summed E-state index contributed by atoms with van der Waals surface area (Å²) in [5.74, 6) is 1.70. The standard InChI is InChI=1S/C25H33N3O3S/c26-25-22(18-7-12-32(29,30)13-8-18)15-20(16-28-25)19-3-4-21(17-5-10-31-11-6-17)23(14-19)24-2-1-9-27-24/h3-4,14-18,24,27H,1-2,5-13H2,(H2,26,28)/t24-/m0/s1. The number of hydrogen-bond donors (Lipinski definition) is 2. The molecule has 32 heavy (non-hydrogen) atoms. The van der Waals surface area contributed by atoms with E-state index in [4.69, 9.17) is 10.5 Å². The second-order valence-corrected chi connectivity index (χ2v) is 11.8. The number of anilines is 1. The third kappa shape index (κ3) is 4.56. The number of sulfone groups is 1. The summed E-state index contributed by atoms with van der Waals surface area (Å²) in [5, 5.41) is 3.69. The van der Waals surface area contributed by atoms with Crippen LogP contribution < -0.4 is 11.1 Å². The van der Waals surface area contributed by atoms with Gasteiger partial charge in [0.05, 0.1) is 11.5 Å². The third-order valence-corrected chi connectivity index (χ3v) is 9.18. The smallest absolute Gasteiger partial charge is 0.150 e. The Bertz CT molecular complexity index is 1060. The van der Waals surface area contributed by atoms with Crippen LogP contribution in [0.25, 0.3) is 11.1 Å². The van der Waals surface area contributed by atoms with Crippen LogP contribution in [0.1, 0.15) is 73.1 Å². The van der Waals surface area contributed by atoms with Crippen LogP contribution in [0.5, 0.6) is 0 Å². The highest BCUT2D eigenvalue weighted by Gasteiger charge is 2.28. The molecule has 1 atom stereocenters. The predicted octanol–water partition coefficient (Wildman–Crippen LogP) is 3.94. The molecule has 2 aromatic rings. The van der Waals surface area contributed by atoms with Crippen molar-refractivity contribution in [2.24, 2.45) is 0 Å². The number of nitrogen functional groups attached to an aromatic ring is 1. The molecular formula is C25H33N3O3S. The fourth-order valence-corrected chi connectivity index (χ4v) is 7.06. The van der Waals surface area contributed by atoms with Gasteiger partial charge in [0.15, 0.2) is 0 Å². The Labute approximate surface area is 190 Å². The van der Waals surface area contributed by atoms with Crippen LogP contribution in [0.4, 0.5) is 5.82 Å². The van der Waals surface area contributed by atoms with Crippen LogP contribution in [-0.2, 0) is 14.6 Å². The monoisotopic (exact) mass is 455 g/mol. The molecule has 3 saturated heterocycles. The van der Waals surface area contributed by atoms with Gasteiger partial charge < -0.3 is 15.8 Å². The molecule has 0 amide bonds. The molecule has 0 spiro atoms. The first-order chi connectivity index (χ1) is 15.5. The summed E-state index contributed by atoms with van der Waals surface area (Å²) in [7, 11) is -2.91. The molecule has 0 unspecified atom stereocenters. The van der Waals surface area contributed by atoms with Gasteiger partial charge >= 0.3 is 0 Å². The van der Waals surface area contributed by atoms with Crippen molar-refractivity contribution in [3.05, 3.63) is 47.2 Å². The minimum atomic E-state index is -2.91. The number of benzene rings is 1. The first-order valence-electron chi connectivity index (χ1n) is 11.9. The van der Waals surface area contributed by atoms with E-state index in [0.29, 0.717) is 30.6 Å². The summed E-state index contributed by atoms with van der Waals surface area (Å²) in [6.45, 7) is 2.75. The van der Waals surface area contributed by atoms with Gasteiger partial charge in [-0.15, -0.1) is 0 Å². The number of nitrogens with zero attached hydrogens (tertiary/aromatic N) is 1. The first kappa shape index (κ1) is 21.9. The molecule has 6 nitrogen and oxygen atoms in total. The van der Waals surface area contributed by atoms with Crippen LogP contribution in [0.15, 0.2) is 30.5 Å². The summed E-state index contributed by atoms with van der Waals surface area (Å²) >= 11 is 0. The Morgan fingerprint density at radius 2 is 1.62 bits per heavy atom. The summed E-state index contributed by atoms with van der Waals surface area (Å²) in [6.07, 6.45) is 7.64. The number of aromatic nitrogens is 1. The van der Waals surface area contributed by atoms with Crippen molar-refractivity contribution in [2.75, 3.05) is 37.0 Å². The maximum absolute atomic E-state index is 11.9. The summed E-state index contributed by atoms with van der Waals surface area (Å²) < 4.78 is 29.3. The molecule has 172 valence electrons. The van der Waals surface area contributed by atoms with Crippen molar-refractivity contribution in [1.29, 1.82) is 0 Å². The summed E-state index contributed by atoms with van der Waals surface area (Å²) in [6, 6.07) is 9.41. The highest BCUT2D eigenvalue weighted by atomic mass is 32.2. The van der Waals surface area contributed by atoms with E-state index < -0.39 is 9.84 Å². The number of ether oxygens (including phenoxy) is 1. The Hall–Kier alpha value is -1.96. The van der Waals surface area contributed by atoms with Crippen LogP contribution in [0, 0.1) is 0 Å². The van der Waals surface area contributed by atoms with Gasteiger partial charge in [-0.3, -0.25) is 0 Å². The van der Waals surface area contributed by atoms with Crippen LogP contribution >= 0.6 is 0 Å². The topological polar surface area (TPSA) is 94.3 Å². The zero-order valence-corrected chi connectivity index (χ0v) is 19.4. The molecule has 0 radical (unpaired) electrons. The number of rotatable bonds is 4. The normalized spacial score (nSPS) is 24.6. The van der Waals surface area contributed by atoms with Gasteiger partial charge in [0.1, 0.15) is 15.7 Å². The average molecular weight is 456 g/mol. The zero-order chi connectivity index (χ0) is 22.1. The quantitative estimate of drug-likeness (QED) is 0.725. The Morgan fingerprint density at radius 3 is 2.34 bits per heavy atom. The van der Waals surface area contributed by atoms with Crippen molar-refractivity contribution in [2.45, 2.75) is 56.4 Å². The molecule has 0 saturated carbocycles. The molecule has 1 aromatic heterocycles. The van der Waals surface area contributed by atoms with Gasteiger partial charge in [-0.1, -0.05) is 12.1 Å². The second kappa shape index (κ2) is 9.12. The highest BCUT2D eigenvalue weighted by molar-refractivity contribution is 7.91. The Morgan fingerprint density at radius 1 is 0.906 bits per heavy atom. The van der Waals surface area contributed by atoms with Crippen molar-refractivity contribution < 1.29 is 13.2 Å². The second-order valence-electron chi connectivity index (χ2n) is 9.50. The number of nitrogens with two attached hydrogens (primary N) is 1. The molecule has 3 N–H and O–H groups in total. The Kier molecular flexibility index (Phi) is 6.23. The number of pyridine rings is 1. The SMILES string of the molecule is Nc1ncc(-c2ccc(C3CCOCC3)c([C@@H]3CCCN3)c2)cc1C1CCS(=O)(=O)CC1. The summed E-state index contributed by atoms with van der Waals surface area (Å²) in [4.78, 5) is 4.50. The molecule has 0 bridgehead atoms. The molecule has 0 aliphatic carbocycles. The lowest BCUT2D eigenvalue weighted by Gasteiger charge is -2.27. The molecule has 3 aliphatic heterocycles. The molecule has 7 heteroatoms. The van der Waals surface area contributed by atoms with Crippen molar-refractivity contribution in [1.82, 2.24) is 10.3 Å². The maximum Gasteiger partial charge on any atom is 0.150 e. The first-order valence-corrected chi connectivity index (χ1v) is 13.7. The van der Waals surface area contributed by atoms with Crippen molar-refractivity contribution in [3.63, 3.8) is 0 Å². The minimum Gasteiger partial charge on any atom is -0.383 e. The molecular weight excluding hydrogens is 422 g/mol. The molecule has 3 aliphatic rings. The van der Waals surface area contributed by atoms with Crippen LogP contribution in [0.2, 0.25) is 0 Å². The van der Waals surface area contributed by atoms with Gasteiger partial charge in [0, 0.05) is 31.0 Å². The van der Waals surface area contributed by atoms with E-state index >= 15 is 0 Å². The van der Waals surface area contributed by atoms with E-state index in [9.17, 15) is 8.42 Å². The van der Waals surface area contributed by atoms with Gasteiger partial charge in [0.25, 0.3) is 0 Å². The fourth-order valence-electron chi connectivity index (χ4n) is 5.56. The lowest BCUT2D eigenvalue weighted by atomic mass is 9.83. The largest absolute Gasteiger partial charge is 0.383 e. The van der Waals surface area contributed by atoms with E-state index in [1.807, 2.05) is 6.20 Å². The number of hydrogen-bond acceptors (Lipinski definition) is 6. The van der Waals surface area contributed by atoms with E-state index in [1.165, 1.54) is 24.0 Å². The molecule has 4 heterocycles. The molecule has 3 fully saturated rings. The van der Waals surface area contributed by atoms with Gasteiger partial charge in [-0.05, 0) is 91.3 Å². The lowest BCUT2D eigenvalue weighted by Crippen LogP contribution is -2.23. The third-order valence-electron chi connectivity index (χ3n) is 7.46. The zero-order valence-electron chi connectivity index (χ0n) is 18.6. The van der Waals surface area contributed by atoms with Gasteiger partial charge in [-0.25, -0.2) is 13.4 Å². The van der Waals surface area contributed by atoms with Crippen molar-refractivity contribution >= 4 is 15.7 Å². The van der Waals surface area contributed by atoms with Crippen LogP contribution in [0.3, 0.4) is 0 Å². The van der Waals surface area contributed by atoms with Crippen molar-refractivity contribution in [3.8, 4) is 11.1 Å². The Balaban J connectivity index is 1.48. The van der Waals surface area contributed by atoms with E-state index in [1.54, 1.807) is 0 Å². The number of nitrogens with one attached hydrogen (secondary N) is 1. The molecule has 5 rings (SSSR count). The van der Waals surface area contributed by atoms with Crippen LogP contribution in [-0.4, -0.2) is 44.7 Å². The van der Waals surface area contributed by atoms with E-state index in [-0.39, 0.29) is 17.4 Å². The average Bonchev–Trinajstić information content (AvgIpc) is 3.35. The highest BCUT2D eigenvalue weighted by Crippen LogP contribution is 2.39.